The molecule has 104 valence electrons. The third-order valence-electron chi connectivity index (χ3n) is 2.98. The molecule has 0 saturated heterocycles. The number of nitrogens with one attached hydrogen (secondary N) is 1. The summed E-state index contributed by atoms with van der Waals surface area (Å²) in [5.41, 5.74) is 0.697. The number of carbonyl (C=O) groups excluding carboxylic acids is 1. The van der Waals surface area contributed by atoms with E-state index in [4.69, 9.17) is 4.99 Å². The first-order chi connectivity index (χ1) is 8.86. The zero-order chi connectivity index (χ0) is 14.0. The van der Waals surface area contributed by atoms with Crippen molar-refractivity contribution in [3.8, 4) is 0 Å². The van der Waals surface area contributed by atoms with Crippen LogP contribution in [-0.2, 0) is 0 Å². The monoisotopic (exact) mass is 297 g/mol. The van der Waals surface area contributed by atoms with E-state index in [1.165, 1.54) is 18.3 Å². The summed E-state index contributed by atoms with van der Waals surface area (Å²) in [6.07, 6.45) is 1.11. The van der Waals surface area contributed by atoms with E-state index in [0.29, 0.717) is 11.7 Å². The van der Waals surface area contributed by atoms with E-state index in [2.05, 4.69) is 31.1 Å². The molecular weight excluding hydrogens is 278 g/mol. The Morgan fingerprint density at radius 1 is 1.47 bits per heavy atom. The molecule has 2 heterocycles. The number of hydrogen-bond acceptors (Lipinski definition) is 6. The fourth-order valence-electron chi connectivity index (χ4n) is 1.79. The first kappa shape index (κ1) is 14.5. The number of anilines is 1. The van der Waals surface area contributed by atoms with Crippen LogP contribution in [0.5, 0.6) is 0 Å². The highest BCUT2D eigenvalue weighted by atomic mass is 32.2. The Morgan fingerprint density at radius 3 is 2.79 bits per heavy atom. The van der Waals surface area contributed by atoms with Gasteiger partial charge in [-0.1, -0.05) is 32.5 Å². The van der Waals surface area contributed by atoms with E-state index in [1.54, 1.807) is 17.1 Å². The van der Waals surface area contributed by atoms with Gasteiger partial charge in [0, 0.05) is 18.1 Å². The molecule has 1 aromatic rings. The molecule has 1 atom stereocenters. The molecule has 0 aromatic carbocycles. The SMILES string of the molecule is CC(=O)c1csc(NC2=NC(C(C)(C)C)CCS2)n1. The predicted octanol–water partition coefficient (Wildman–Crippen LogP) is 3.67. The fraction of sp³-hybridized carbons (Fsp3) is 0.615. The lowest BCUT2D eigenvalue weighted by atomic mass is 9.85. The van der Waals surface area contributed by atoms with E-state index in [9.17, 15) is 4.79 Å². The smallest absolute Gasteiger partial charge is 0.189 e. The van der Waals surface area contributed by atoms with Gasteiger partial charge in [0.1, 0.15) is 5.69 Å². The number of nitrogens with zero attached hydrogens (tertiary/aromatic N) is 2. The van der Waals surface area contributed by atoms with Crippen molar-refractivity contribution < 1.29 is 4.79 Å². The quantitative estimate of drug-likeness (QED) is 0.846. The molecule has 19 heavy (non-hydrogen) atoms. The Kier molecular flexibility index (Phi) is 4.30. The summed E-state index contributed by atoms with van der Waals surface area (Å²) in [6.45, 7) is 8.17. The van der Waals surface area contributed by atoms with Crippen molar-refractivity contribution in [3.05, 3.63) is 11.1 Å². The van der Waals surface area contributed by atoms with E-state index >= 15 is 0 Å². The molecule has 1 unspecified atom stereocenters. The molecule has 0 saturated carbocycles. The third-order valence-corrected chi connectivity index (χ3v) is 4.66. The highest BCUT2D eigenvalue weighted by molar-refractivity contribution is 8.14. The molecule has 0 bridgehead atoms. The number of hydrogen-bond donors (Lipinski definition) is 1. The molecule has 0 spiro atoms. The normalized spacial score (nSPS) is 20.0. The van der Waals surface area contributed by atoms with Gasteiger partial charge in [-0.3, -0.25) is 9.79 Å². The molecule has 1 N–H and O–H groups in total. The van der Waals surface area contributed by atoms with Gasteiger partial charge < -0.3 is 5.32 Å². The van der Waals surface area contributed by atoms with E-state index < -0.39 is 0 Å². The van der Waals surface area contributed by atoms with E-state index in [1.807, 2.05) is 0 Å². The van der Waals surface area contributed by atoms with Crippen molar-refractivity contribution in [2.45, 2.75) is 40.2 Å². The second-order valence-corrected chi connectivity index (χ2v) is 7.61. The minimum absolute atomic E-state index is 0.00453. The summed E-state index contributed by atoms with van der Waals surface area (Å²) in [5, 5.41) is 6.66. The number of thiazole rings is 1. The van der Waals surface area contributed by atoms with Gasteiger partial charge in [-0.05, 0) is 11.8 Å². The molecule has 1 aliphatic heterocycles. The van der Waals surface area contributed by atoms with Gasteiger partial charge in [-0.2, -0.15) is 0 Å². The Bertz CT molecular complexity index is 502. The molecule has 4 nitrogen and oxygen atoms in total. The molecule has 2 rings (SSSR count). The van der Waals surface area contributed by atoms with Crippen LogP contribution in [0.4, 0.5) is 5.13 Å². The van der Waals surface area contributed by atoms with Crippen LogP contribution in [-0.4, -0.2) is 27.7 Å². The maximum Gasteiger partial charge on any atom is 0.189 e. The van der Waals surface area contributed by atoms with Crippen molar-refractivity contribution in [2.24, 2.45) is 10.4 Å². The summed E-state index contributed by atoms with van der Waals surface area (Å²) < 4.78 is 0. The minimum atomic E-state index is -0.00453. The first-order valence-electron chi connectivity index (χ1n) is 6.30. The van der Waals surface area contributed by atoms with Crippen molar-refractivity contribution in [2.75, 3.05) is 11.1 Å². The van der Waals surface area contributed by atoms with Gasteiger partial charge in [0.05, 0.1) is 6.04 Å². The minimum Gasteiger partial charge on any atom is -0.311 e. The van der Waals surface area contributed by atoms with Crippen molar-refractivity contribution >= 4 is 39.2 Å². The Hall–Kier alpha value is -0.880. The highest BCUT2D eigenvalue weighted by Gasteiger charge is 2.27. The number of Topliss-reactive ketones (excluding diaryl/α,β-unsaturated/α-hetero) is 1. The summed E-state index contributed by atoms with van der Waals surface area (Å²) in [5.74, 6) is 1.06. The number of rotatable bonds is 2. The predicted molar refractivity (Wildman–Crippen MR) is 83.5 cm³/mol. The van der Waals surface area contributed by atoms with Gasteiger partial charge in [0.15, 0.2) is 16.1 Å². The lowest BCUT2D eigenvalue weighted by Crippen LogP contribution is -2.30. The molecule has 0 aliphatic carbocycles. The van der Waals surface area contributed by atoms with Crippen LogP contribution in [0.1, 0.15) is 44.6 Å². The van der Waals surface area contributed by atoms with Gasteiger partial charge in [-0.15, -0.1) is 11.3 Å². The van der Waals surface area contributed by atoms with E-state index in [0.717, 1.165) is 22.5 Å². The maximum absolute atomic E-state index is 11.2. The molecule has 0 fully saturated rings. The molecular formula is C13H19N3OS2. The maximum atomic E-state index is 11.2. The summed E-state index contributed by atoms with van der Waals surface area (Å²) in [4.78, 5) is 20.2. The van der Waals surface area contributed by atoms with Crippen molar-refractivity contribution in [3.63, 3.8) is 0 Å². The van der Waals surface area contributed by atoms with E-state index in [-0.39, 0.29) is 11.2 Å². The van der Waals surface area contributed by atoms with Crippen LogP contribution in [0.3, 0.4) is 0 Å². The first-order valence-corrected chi connectivity index (χ1v) is 8.17. The average molecular weight is 297 g/mol. The number of aromatic nitrogens is 1. The van der Waals surface area contributed by atoms with Crippen molar-refractivity contribution in [1.29, 1.82) is 0 Å². The summed E-state index contributed by atoms with van der Waals surface area (Å²) >= 11 is 3.16. The largest absolute Gasteiger partial charge is 0.311 e. The van der Waals surface area contributed by atoms with Gasteiger partial charge in [0.25, 0.3) is 0 Å². The van der Waals surface area contributed by atoms with Gasteiger partial charge in [0.2, 0.25) is 0 Å². The lowest BCUT2D eigenvalue weighted by molar-refractivity contribution is 0.101. The molecule has 0 amide bonds. The Balaban J connectivity index is 2.09. The van der Waals surface area contributed by atoms with Crippen LogP contribution < -0.4 is 5.32 Å². The fourth-order valence-corrected chi connectivity index (χ4v) is 3.51. The van der Waals surface area contributed by atoms with Crippen LogP contribution in [0, 0.1) is 5.41 Å². The second-order valence-electron chi connectivity index (χ2n) is 5.67. The zero-order valence-corrected chi connectivity index (χ0v) is 13.3. The molecule has 1 aromatic heterocycles. The van der Waals surface area contributed by atoms with Crippen LogP contribution in [0.2, 0.25) is 0 Å². The number of carbonyl (C=O) groups is 1. The third kappa shape index (κ3) is 3.79. The topological polar surface area (TPSA) is 54.4 Å². The zero-order valence-electron chi connectivity index (χ0n) is 11.7. The average Bonchev–Trinajstić information content (AvgIpc) is 2.77. The van der Waals surface area contributed by atoms with Crippen LogP contribution in [0.25, 0.3) is 0 Å². The summed E-state index contributed by atoms with van der Waals surface area (Å²) in [6, 6.07) is 0.337. The molecule has 0 radical (unpaired) electrons. The number of thioether (sulfide) groups is 1. The second kappa shape index (κ2) is 5.63. The highest BCUT2D eigenvalue weighted by Crippen LogP contribution is 2.31. The standard InChI is InChI=1S/C13H19N3OS2/c1-8(17)9-7-19-11(14-9)16-12-15-10(5-6-18-12)13(2,3)4/h7,10H,5-6H2,1-4H3,(H,14,15,16). The van der Waals surface area contributed by atoms with Crippen LogP contribution >= 0.6 is 23.1 Å². The Labute approximate surface area is 122 Å². The number of ketones is 1. The molecule has 1 aliphatic rings. The molecule has 6 heteroatoms. The Morgan fingerprint density at radius 2 is 2.21 bits per heavy atom. The summed E-state index contributed by atoms with van der Waals surface area (Å²) in [7, 11) is 0. The van der Waals surface area contributed by atoms with Gasteiger partial charge in [-0.25, -0.2) is 4.98 Å². The number of aliphatic imine (C=N–C) groups is 1. The number of amidine groups is 1. The van der Waals surface area contributed by atoms with Crippen molar-refractivity contribution in [1.82, 2.24) is 4.98 Å². The van der Waals surface area contributed by atoms with Crippen LogP contribution in [0.15, 0.2) is 10.4 Å². The van der Waals surface area contributed by atoms with Gasteiger partial charge >= 0.3 is 0 Å². The lowest BCUT2D eigenvalue weighted by Gasteiger charge is -2.30.